The van der Waals surface area contributed by atoms with Crippen molar-refractivity contribution in [1.82, 2.24) is 8.80 Å². The number of nitrogens with zero attached hydrogens (tertiary/aromatic N) is 4. The molecule has 0 saturated carbocycles. The highest BCUT2D eigenvalue weighted by molar-refractivity contribution is 6.26. The summed E-state index contributed by atoms with van der Waals surface area (Å²) in [5.41, 5.74) is 14.1. The van der Waals surface area contributed by atoms with Crippen molar-refractivity contribution in [3.8, 4) is 0 Å². The normalized spacial score (nSPS) is 12.2. The molecule has 0 unspecified atom stereocenters. The van der Waals surface area contributed by atoms with Crippen molar-refractivity contribution in [2.45, 2.75) is 0 Å². The van der Waals surface area contributed by atoms with Crippen molar-refractivity contribution < 1.29 is 0 Å². The van der Waals surface area contributed by atoms with E-state index in [1.165, 1.54) is 87.0 Å². The minimum Gasteiger partial charge on any atom is -0.310 e. The monoisotopic (exact) mass is 788 g/mol. The molecule has 0 radical (unpaired) electrons. The van der Waals surface area contributed by atoms with Crippen molar-refractivity contribution in [2.75, 3.05) is 9.80 Å². The van der Waals surface area contributed by atoms with Gasteiger partial charge in [-0.1, -0.05) is 127 Å². The summed E-state index contributed by atoms with van der Waals surface area (Å²) >= 11 is 0. The van der Waals surface area contributed by atoms with Gasteiger partial charge in [0.2, 0.25) is 0 Å². The molecule has 0 N–H and O–H groups in total. The van der Waals surface area contributed by atoms with Crippen LogP contribution in [0.5, 0.6) is 0 Å². The van der Waals surface area contributed by atoms with E-state index in [0.29, 0.717) is 0 Å². The third-order valence-electron chi connectivity index (χ3n) is 13.3. The topological polar surface area (TPSA) is 15.3 Å². The molecular weight excluding hydrogens is 753 g/mol. The van der Waals surface area contributed by atoms with Gasteiger partial charge in [-0.05, 0) is 96.4 Å². The van der Waals surface area contributed by atoms with Crippen LogP contribution in [0.4, 0.5) is 34.1 Å². The first-order chi connectivity index (χ1) is 30.8. The highest BCUT2D eigenvalue weighted by Gasteiger charge is 2.25. The van der Waals surface area contributed by atoms with E-state index < -0.39 is 0 Å². The SMILES string of the molecule is c1ccc(N(c2ccc(N(c3cc4c5ccccc5n5c6ccccc6c(c3)c45)c3cc4c5ccccc5n5c6ccccc6c(c3)c45)cc2)c2cccc3ccccc23)cc1. The fourth-order valence-electron chi connectivity index (χ4n) is 10.7. The molecule has 0 aliphatic heterocycles. The van der Waals surface area contributed by atoms with Gasteiger partial charge in [0.05, 0.1) is 38.8 Å². The van der Waals surface area contributed by atoms with Crippen molar-refractivity contribution in [3.63, 3.8) is 0 Å². The summed E-state index contributed by atoms with van der Waals surface area (Å²) in [7, 11) is 0. The van der Waals surface area contributed by atoms with Crippen molar-refractivity contribution in [3.05, 3.63) is 218 Å². The Balaban J connectivity index is 1.05. The number of fused-ring (bicyclic) bond motifs is 13. The molecule has 288 valence electrons. The molecule has 0 aliphatic rings. The molecule has 14 aromatic rings. The molecule has 14 rings (SSSR count). The Kier molecular flexibility index (Phi) is 6.80. The summed E-state index contributed by atoms with van der Waals surface area (Å²) in [6, 6.07) is 80.3. The van der Waals surface area contributed by atoms with Crippen LogP contribution in [0.15, 0.2) is 218 Å². The van der Waals surface area contributed by atoms with E-state index in [1.54, 1.807) is 0 Å². The number of para-hydroxylation sites is 5. The first-order valence-corrected chi connectivity index (χ1v) is 21.4. The van der Waals surface area contributed by atoms with Crippen LogP contribution in [0.2, 0.25) is 0 Å². The lowest BCUT2D eigenvalue weighted by molar-refractivity contribution is 1.27. The summed E-state index contributed by atoms with van der Waals surface area (Å²) in [6.45, 7) is 0. The summed E-state index contributed by atoms with van der Waals surface area (Å²) < 4.78 is 4.92. The predicted molar refractivity (Wildman–Crippen MR) is 263 cm³/mol. The molecule has 0 fully saturated rings. The number of hydrogen-bond acceptors (Lipinski definition) is 2. The second kappa shape index (κ2) is 12.6. The van der Waals surface area contributed by atoms with Crippen LogP contribution < -0.4 is 9.80 Å². The molecule has 4 aromatic heterocycles. The molecular formula is C58H36N4. The Labute approximate surface area is 356 Å². The van der Waals surface area contributed by atoms with Gasteiger partial charge in [0.1, 0.15) is 0 Å². The molecule has 62 heavy (non-hydrogen) atoms. The van der Waals surface area contributed by atoms with Crippen LogP contribution in [0.1, 0.15) is 0 Å². The van der Waals surface area contributed by atoms with Gasteiger partial charge in [0.15, 0.2) is 0 Å². The van der Waals surface area contributed by atoms with Gasteiger partial charge in [-0.3, -0.25) is 0 Å². The lowest BCUT2D eigenvalue weighted by Gasteiger charge is -2.29. The minimum atomic E-state index is 1.09. The fourth-order valence-corrected chi connectivity index (χ4v) is 10.7. The third-order valence-corrected chi connectivity index (χ3v) is 13.3. The molecule has 0 bridgehead atoms. The summed E-state index contributed by atoms with van der Waals surface area (Å²) in [6.07, 6.45) is 0. The summed E-state index contributed by atoms with van der Waals surface area (Å²) in [4.78, 5) is 4.87. The second-order valence-corrected chi connectivity index (χ2v) is 16.5. The highest BCUT2D eigenvalue weighted by atomic mass is 15.2. The first-order valence-electron chi connectivity index (χ1n) is 21.4. The maximum Gasteiger partial charge on any atom is 0.0622 e. The van der Waals surface area contributed by atoms with Crippen LogP contribution in [0, 0.1) is 0 Å². The van der Waals surface area contributed by atoms with Crippen LogP contribution in [-0.2, 0) is 0 Å². The molecule has 0 spiro atoms. The minimum absolute atomic E-state index is 1.09. The molecule has 0 amide bonds. The lowest BCUT2D eigenvalue weighted by atomic mass is 10.0. The number of benzene rings is 10. The zero-order chi connectivity index (χ0) is 40.5. The van der Waals surface area contributed by atoms with Crippen LogP contribution in [0.25, 0.3) is 87.0 Å². The Morgan fingerprint density at radius 3 is 1.06 bits per heavy atom. The van der Waals surface area contributed by atoms with E-state index in [9.17, 15) is 0 Å². The molecule has 4 heterocycles. The standard InChI is InChI=1S/C58H36N4/c1-2-17-38(18-3-1)60(52-28-14-16-37-15-4-5-19-43(37)52)40-31-29-39(30-32-40)59(41-33-48-44-20-6-10-24-53(44)61-54-25-11-7-21-45(54)49(34-41)57(48)61)42-35-50-46-22-8-12-26-55(46)62-56-27-13-9-23-47(56)51(36-42)58(50)62/h1-36H. The summed E-state index contributed by atoms with van der Waals surface area (Å²) in [5, 5.41) is 12.5. The molecule has 4 heteroatoms. The zero-order valence-electron chi connectivity index (χ0n) is 33.6. The van der Waals surface area contributed by atoms with E-state index in [-0.39, 0.29) is 0 Å². The van der Waals surface area contributed by atoms with Gasteiger partial charge in [0, 0.05) is 76.9 Å². The van der Waals surface area contributed by atoms with Crippen LogP contribution >= 0.6 is 0 Å². The zero-order valence-corrected chi connectivity index (χ0v) is 33.6. The van der Waals surface area contributed by atoms with Gasteiger partial charge < -0.3 is 18.6 Å². The van der Waals surface area contributed by atoms with Gasteiger partial charge in [-0.25, -0.2) is 0 Å². The van der Waals surface area contributed by atoms with E-state index in [2.05, 4.69) is 237 Å². The largest absolute Gasteiger partial charge is 0.310 e. The van der Waals surface area contributed by atoms with Crippen molar-refractivity contribution >= 4 is 121 Å². The van der Waals surface area contributed by atoms with E-state index >= 15 is 0 Å². The van der Waals surface area contributed by atoms with E-state index in [0.717, 1.165) is 34.1 Å². The number of aromatic nitrogens is 2. The van der Waals surface area contributed by atoms with Crippen molar-refractivity contribution in [2.24, 2.45) is 0 Å². The molecule has 10 aromatic carbocycles. The highest BCUT2D eigenvalue weighted by Crippen LogP contribution is 2.48. The quantitative estimate of drug-likeness (QED) is 0.167. The van der Waals surface area contributed by atoms with E-state index in [4.69, 9.17) is 0 Å². The van der Waals surface area contributed by atoms with Gasteiger partial charge >= 0.3 is 0 Å². The van der Waals surface area contributed by atoms with Crippen LogP contribution in [-0.4, -0.2) is 8.80 Å². The number of hydrogen-bond donors (Lipinski definition) is 0. The summed E-state index contributed by atoms with van der Waals surface area (Å²) in [5.74, 6) is 0. The molecule has 0 aliphatic carbocycles. The number of anilines is 6. The average molecular weight is 789 g/mol. The Bertz CT molecular complexity index is 3690. The molecule has 0 atom stereocenters. The average Bonchev–Trinajstić information content (AvgIpc) is 4.06. The predicted octanol–water partition coefficient (Wildman–Crippen LogP) is 16.1. The molecule has 4 nitrogen and oxygen atoms in total. The van der Waals surface area contributed by atoms with Gasteiger partial charge in [-0.15, -0.1) is 0 Å². The smallest absolute Gasteiger partial charge is 0.0622 e. The van der Waals surface area contributed by atoms with Crippen molar-refractivity contribution in [1.29, 1.82) is 0 Å². The fraction of sp³-hybridized carbons (Fsp3) is 0. The Morgan fingerprint density at radius 1 is 0.242 bits per heavy atom. The number of rotatable bonds is 6. The Hall–Kier alpha value is -8.34. The third kappa shape index (κ3) is 4.55. The van der Waals surface area contributed by atoms with Gasteiger partial charge in [-0.2, -0.15) is 0 Å². The van der Waals surface area contributed by atoms with Gasteiger partial charge in [0.25, 0.3) is 0 Å². The molecule has 0 saturated heterocycles. The maximum atomic E-state index is 2.49. The second-order valence-electron chi connectivity index (χ2n) is 16.5. The van der Waals surface area contributed by atoms with E-state index in [1.807, 2.05) is 0 Å². The maximum absolute atomic E-state index is 2.49. The lowest BCUT2D eigenvalue weighted by Crippen LogP contribution is -2.12. The van der Waals surface area contributed by atoms with Crippen LogP contribution in [0.3, 0.4) is 0 Å². The Morgan fingerprint density at radius 2 is 0.597 bits per heavy atom. The first kappa shape index (κ1) is 33.5.